The first kappa shape index (κ1) is 15.5. The van der Waals surface area contributed by atoms with Crippen LogP contribution in [0.3, 0.4) is 0 Å². The van der Waals surface area contributed by atoms with Crippen LogP contribution in [0.5, 0.6) is 5.75 Å². The maximum Gasteiger partial charge on any atom is 0.256 e. The van der Waals surface area contributed by atoms with Crippen molar-refractivity contribution < 1.29 is 9.53 Å². The van der Waals surface area contributed by atoms with Crippen LogP contribution in [0, 0.1) is 0 Å². The van der Waals surface area contributed by atoms with E-state index < -0.39 is 0 Å². The van der Waals surface area contributed by atoms with Gasteiger partial charge in [0.25, 0.3) is 5.91 Å². The number of hydrogen-bond donors (Lipinski definition) is 1. The number of methoxy groups -OCH3 is 1. The van der Waals surface area contributed by atoms with Crippen LogP contribution < -0.4 is 10.1 Å². The third-order valence-electron chi connectivity index (χ3n) is 3.68. The first-order chi connectivity index (χ1) is 9.63. The number of halogens is 2. The van der Waals surface area contributed by atoms with E-state index in [0.717, 1.165) is 25.7 Å². The standard InChI is InChI=1S/C15H19Cl2NO2/c1-20-14-12(17)9-8-11(16)13(14)15(19)18-10-6-4-2-3-5-7-10/h8-10H,2-7H2,1H3,(H,18,19). The Morgan fingerprint density at radius 1 is 1.15 bits per heavy atom. The molecule has 1 N–H and O–H groups in total. The van der Waals surface area contributed by atoms with Gasteiger partial charge in [-0.05, 0) is 25.0 Å². The Bertz CT molecular complexity index is 483. The molecule has 0 aliphatic heterocycles. The number of nitrogens with one attached hydrogen (secondary N) is 1. The first-order valence-corrected chi connectivity index (χ1v) is 7.72. The molecule has 2 rings (SSSR count). The molecule has 1 saturated carbocycles. The summed E-state index contributed by atoms with van der Waals surface area (Å²) in [6.45, 7) is 0. The topological polar surface area (TPSA) is 38.3 Å². The van der Waals surface area contributed by atoms with E-state index in [4.69, 9.17) is 27.9 Å². The third-order valence-corrected chi connectivity index (χ3v) is 4.29. The number of benzene rings is 1. The highest BCUT2D eigenvalue weighted by Gasteiger charge is 2.22. The van der Waals surface area contributed by atoms with E-state index in [1.807, 2.05) is 0 Å². The molecule has 1 aromatic carbocycles. The zero-order valence-electron chi connectivity index (χ0n) is 11.5. The molecule has 1 aliphatic carbocycles. The molecule has 0 saturated heterocycles. The second kappa shape index (κ2) is 7.19. The zero-order valence-corrected chi connectivity index (χ0v) is 13.1. The number of hydrogen-bond acceptors (Lipinski definition) is 2. The highest BCUT2D eigenvalue weighted by atomic mass is 35.5. The molecule has 3 nitrogen and oxygen atoms in total. The third kappa shape index (κ3) is 3.58. The lowest BCUT2D eigenvalue weighted by Crippen LogP contribution is -2.34. The molecule has 0 spiro atoms. The van der Waals surface area contributed by atoms with E-state index >= 15 is 0 Å². The summed E-state index contributed by atoms with van der Waals surface area (Å²) in [5.41, 5.74) is 0.325. The van der Waals surface area contributed by atoms with E-state index in [9.17, 15) is 4.79 Å². The van der Waals surface area contributed by atoms with Crippen molar-refractivity contribution in [2.45, 2.75) is 44.6 Å². The monoisotopic (exact) mass is 315 g/mol. The summed E-state index contributed by atoms with van der Waals surface area (Å²) >= 11 is 12.2. The minimum absolute atomic E-state index is 0.207. The van der Waals surface area contributed by atoms with Gasteiger partial charge in [0.15, 0.2) is 5.75 Å². The van der Waals surface area contributed by atoms with Gasteiger partial charge in [-0.25, -0.2) is 0 Å². The van der Waals surface area contributed by atoms with Crippen molar-refractivity contribution in [1.29, 1.82) is 0 Å². The van der Waals surface area contributed by atoms with Crippen molar-refractivity contribution >= 4 is 29.1 Å². The molecule has 5 heteroatoms. The molecule has 0 aromatic heterocycles. The van der Waals surface area contributed by atoms with E-state index in [-0.39, 0.29) is 11.9 Å². The Morgan fingerprint density at radius 2 is 1.75 bits per heavy atom. The van der Waals surface area contributed by atoms with Crippen LogP contribution in [0.4, 0.5) is 0 Å². The van der Waals surface area contributed by atoms with E-state index in [1.54, 1.807) is 12.1 Å². The van der Waals surface area contributed by atoms with Gasteiger partial charge in [-0.2, -0.15) is 0 Å². The van der Waals surface area contributed by atoms with Gasteiger partial charge in [0.1, 0.15) is 5.56 Å². The fraction of sp³-hybridized carbons (Fsp3) is 0.533. The van der Waals surface area contributed by atoms with Crippen LogP contribution in [-0.4, -0.2) is 19.1 Å². The van der Waals surface area contributed by atoms with Crippen molar-refractivity contribution in [1.82, 2.24) is 5.32 Å². The van der Waals surface area contributed by atoms with Gasteiger partial charge in [-0.1, -0.05) is 48.9 Å². The van der Waals surface area contributed by atoms with E-state index in [0.29, 0.717) is 21.4 Å². The van der Waals surface area contributed by atoms with Crippen LogP contribution >= 0.6 is 23.2 Å². The fourth-order valence-corrected chi connectivity index (χ4v) is 3.09. The van der Waals surface area contributed by atoms with Crippen LogP contribution in [0.25, 0.3) is 0 Å². The van der Waals surface area contributed by atoms with Gasteiger partial charge >= 0.3 is 0 Å². The van der Waals surface area contributed by atoms with Crippen molar-refractivity contribution in [3.63, 3.8) is 0 Å². The number of amides is 1. The van der Waals surface area contributed by atoms with Gasteiger partial charge in [-0.15, -0.1) is 0 Å². The molecule has 0 atom stereocenters. The Kier molecular flexibility index (Phi) is 5.55. The lowest BCUT2D eigenvalue weighted by Gasteiger charge is -2.18. The zero-order chi connectivity index (χ0) is 14.5. The molecule has 0 radical (unpaired) electrons. The van der Waals surface area contributed by atoms with Crippen molar-refractivity contribution in [2.75, 3.05) is 7.11 Å². The summed E-state index contributed by atoms with van der Waals surface area (Å²) in [5, 5.41) is 3.81. The lowest BCUT2D eigenvalue weighted by molar-refractivity contribution is 0.0930. The molecule has 0 bridgehead atoms. The minimum Gasteiger partial charge on any atom is -0.494 e. The molecule has 1 aromatic rings. The summed E-state index contributed by atoms with van der Waals surface area (Å²) in [5.74, 6) is 0.131. The van der Waals surface area contributed by atoms with E-state index in [2.05, 4.69) is 5.32 Å². The van der Waals surface area contributed by atoms with Crippen molar-refractivity contribution in [3.05, 3.63) is 27.7 Å². The lowest BCUT2D eigenvalue weighted by atomic mass is 10.1. The summed E-state index contributed by atoms with van der Waals surface area (Å²) in [7, 11) is 1.49. The quantitative estimate of drug-likeness (QED) is 0.836. The Hall–Kier alpha value is -0.930. The summed E-state index contributed by atoms with van der Waals surface area (Å²) < 4.78 is 5.21. The van der Waals surface area contributed by atoms with Crippen LogP contribution in [0.1, 0.15) is 48.9 Å². The second-order valence-corrected chi connectivity index (χ2v) is 5.91. The Morgan fingerprint density at radius 3 is 2.35 bits per heavy atom. The van der Waals surface area contributed by atoms with Gasteiger partial charge in [0, 0.05) is 6.04 Å². The maximum atomic E-state index is 12.4. The average molecular weight is 316 g/mol. The molecule has 110 valence electrons. The molecular formula is C15H19Cl2NO2. The molecule has 1 amide bonds. The maximum absolute atomic E-state index is 12.4. The summed E-state index contributed by atoms with van der Waals surface area (Å²) in [4.78, 5) is 12.4. The fourth-order valence-electron chi connectivity index (χ4n) is 2.63. The summed E-state index contributed by atoms with van der Waals surface area (Å²) in [6, 6.07) is 3.46. The van der Waals surface area contributed by atoms with Gasteiger partial charge < -0.3 is 10.1 Å². The van der Waals surface area contributed by atoms with Gasteiger partial charge in [0.05, 0.1) is 17.2 Å². The molecule has 0 heterocycles. The van der Waals surface area contributed by atoms with Crippen molar-refractivity contribution in [2.24, 2.45) is 0 Å². The smallest absolute Gasteiger partial charge is 0.256 e. The SMILES string of the molecule is COc1c(Cl)ccc(Cl)c1C(=O)NC1CCCCCC1. The van der Waals surface area contributed by atoms with Crippen LogP contribution in [0.15, 0.2) is 12.1 Å². The Labute approximate surface area is 129 Å². The molecule has 1 aliphatic rings. The molecular weight excluding hydrogens is 297 g/mol. The average Bonchev–Trinajstić information content (AvgIpc) is 2.69. The van der Waals surface area contributed by atoms with E-state index in [1.165, 1.54) is 20.0 Å². The predicted molar refractivity (Wildman–Crippen MR) is 82.0 cm³/mol. The van der Waals surface area contributed by atoms with Gasteiger partial charge in [0.2, 0.25) is 0 Å². The Balaban J connectivity index is 2.18. The number of carbonyl (C=O) groups excluding carboxylic acids is 1. The van der Waals surface area contributed by atoms with Crippen LogP contribution in [-0.2, 0) is 0 Å². The number of ether oxygens (including phenoxy) is 1. The van der Waals surface area contributed by atoms with Crippen LogP contribution in [0.2, 0.25) is 10.0 Å². The molecule has 0 unspecified atom stereocenters. The highest BCUT2D eigenvalue weighted by molar-refractivity contribution is 6.37. The molecule has 20 heavy (non-hydrogen) atoms. The second-order valence-electron chi connectivity index (χ2n) is 5.10. The van der Waals surface area contributed by atoms with Crippen molar-refractivity contribution in [3.8, 4) is 5.75 Å². The summed E-state index contributed by atoms with van der Waals surface area (Å²) in [6.07, 6.45) is 6.84. The highest BCUT2D eigenvalue weighted by Crippen LogP contribution is 2.34. The first-order valence-electron chi connectivity index (χ1n) is 6.96. The number of rotatable bonds is 3. The number of carbonyl (C=O) groups is 1. The largest absolute Gasteiger partial charge is 0.494 e. The molecule has 1 fully saturated rings. The normalized spacial score (nSPS) is 16.6. The predicted octanol–water partition coefficient (Wildman–Crippen LogP) is 4.45. The minimum atomic E-state index is -0.207. The van der Waals surface area contributed by atoms with Gasteiger partial charge in [-0.3, -0.25) is 4.79 Å².